The van der Waals surface area contributed by atoms with Crippen LogP contribution < -0.4 is 15.8 Å². The Balaban J connectivity index is 2.70. The van der Waals surface area contributed by atoms with Gasteiger partial charge < -0.3 is 15.8 Å². The van der Waals surface area contributed by atoms with Gasteiger partial charge in [-0.3, -0.25) is 4.79 Å². The number of methoxy groups -OCH3 is 1. The van der Waals surface area contributed by atoms with E-state index in [0.717, 1.165) is 17.7 Å². The lowest BCUT2D eigenvalue weighted by Crippen LogP contribution is -2.38. The third-order valence-corrected chi connectivity index (χ3v) is 4.35. The van der Waals surface area contributed by atoms with Crippen molar-refractivity contribution in [1.82, 2.24) is 5.32 Å². The zero-order valence-corrected chi connectivity index (χ0v) is 13.4. The Morgan fingerprint density at radius 2 is 2.05 bits per heavy atom. The highest BCUT2D eigenvalue weighted by atomic mass is 32.2. The van der Waals surface area contributed by atoms with Crippen LogP contribution in [0.25, 0.3) is 0 Å². The summed E-state index contributed by atoms with van der Waals surface area (Å²) in [5.41, 5.74) is 6.38. The third-order valence-electron chi connectivity index (χ3n) is 3.19. The second-order valence-electron chi connectivity index (χ2n) is 4.69. The highest BCUT2D eigenvalue weighted by Gasteiger charge is 2.18. The lowest BCUT2D eigenvalue weighted by molar-refractivity contribution is -0.121. The number of benzene rings is 1. The average Bonchev–Trinajstić information content (AvgIpc) is 2.45. The molecular formula is C15H24N2O2S. The summed E-state index contributed by atoms with van der Waals surface area (Å²) in [5, 5.41) is 2.89. The molecule has 0 aromatic heterocycles. The van der Waals surface area contributed by atoms with Crippen molar-refractivity contribution in [2.45, 2.75) is 49.8 Å². The molecule has 0 aliphatic carbocycles. The van der Waals surface area contributed by atoms with Gasteiger partial charge in [-0.15, -0.1) is 11.8 Å². The quantitative estimate of drug-likeness (QED) is 0.599. The standard InChI is InChI=1S/C15H24N2O2S/c1-5-12(6-2)17-15(18)10(3)20-14-8-7-11(16)9-13(14)19-4/h7-10,12H,5-6,16H2,1-4H3,(H,17,18). The first-order valence-corrected chi connectivity index (χ1v) is 7.80. The Morgan fingerprint density at radius 3 is 2.60 bits per heavy atom. The molecule has 0 heterocycles. The fourth-order valence-electron chi connectivity index (χ4n) is 1.84. The molecule has 1 aromatic rings. The van der Waals surface area contributed by atoms with Crippen LogP contribution in [0.5, 0.6) is 5.75 Å². The maximum absolute atomic E-state index is 12.1. The highest BCUT2D eigenvalue weighted by molar-refractivity contribution is 8.00. The van der Waals surface area contributed by atoms with Gasteiger partial charge in [-0.1, -0.05) is 13.8 Å². The van der Waals surface area contributed by atoms with Crippen LogP contribution >= 0.6 is 11.8 Å². The number of amides is 1. The van der Waals surface area contributed by atoms with Gasteiger partial charge in [0.1, 0.15) is 5.75 Å². The number of hydrogen-bond acceptors (Lipinski definition) is 4. The minimum absolute atomic E-state index is 0.0579. The van der Waals surface area contributed by atoms with Gasteiger partial charge in [0.25, 0.3) is 0 Å². The number of carbonyl (C=O) groups is 1. The number of rotatable bonds is 7. The van der Waals surface area contributed by atoms with Crippen molar-refractivity contribution in [3.8, 4) is 5.75 Å². The average molecular weight is 296 g/mol. The molecule has 0 aliphatic heterocycles. The van der Waals surface area contributed by atoms with Crippen LogP contribution in [0, 0.1) is 0 Å². The molecular weight excluding hydrogens is 272 g/mol. The molecule has 0 saturated heterocycles. The van der Waals surface area contributed by atoms with Gasteiger partial charge in [0.15, 0.2) is 0 Å². The molecule has 5 heteroatoms. The maximum atomic E-state index is 12.1. The molecule has 1 amide bonds. The third kappa shape index (κ3) is 4.63. The van der Waals surface area contributed by atoms with E-state index in [4.69, 9.17) is 10.5 Å². The maximum Gasteiger partial charge on any atom is 0.233 e. The lowest BCUT2D eigenvalue weighted by atomic mass is 10.2. The fraction of sp³-hybridized carbons (Fsp3) is 0.533. The largest absolute Gasteiger partial charge is 0.496 e. The van der Waals surface area contributed by atoms with E-state index in [0.29, 0.717) is 11.4 Å². The Bertz CT molecular complexity index is 447. The summed E-state index contributed by atoms with van der Waals surface area (Å²) in [6.45, 7) is 6.06. The molecule has 1 aromatic carbocycles. The number of nitrogens with one attached hydrogen (secondary N) is 1. The Morgan fingerprint density at radius 1 is 1.40 bits per heavy atom. The molecule has 0 fully saturated rings. The van der Waals surface area contributed by atoms with Crippen LogP contribution in [-0.4, -0.2) is 24.3 Å². The van der Waals surface area contributed by atoms with E-state index in [-0.39, 0.29) is 17.2 Å². The van der Waals surface area contributed by atoms with Crippen molar-refractivity contribution in [2.75, 3.05) is 12.8 Å². The molecule has 1 rings (SSSR count). The minimum Gasteiger partial charge on any atom is -0.496 e. The summed E-state index contributed by atoms with van der Waals surface area (Å²) in [5.74, 6) is 0.764. The zero-order chi connectivity index (χ0) is 15.1. The van der Waals surface area contributed by atoms with Crippen LogP contribution in [0.2, 0.25) is 0 Å². The Hall–Kier alpha value is -1.36. The van der Waals surface area contributed by atoms with Crippen LogP contribution in [-0.2, 0) is 4.79 Å². The second-order valence-corrected chi connectivity index (χ2v) is 6.08. The molecule has 0 spiro atoms. The number of thioether (sulfide) groups is 1. The second kappa shape index (κ2) is 8.04. The zero-order valence-electron chi connectivity index (χ0n) is 12.6. The van der Waals surface area contributed by atoms with E-state index < -0.39 is 0 Å². The number of anilines is 1. The van der Waals surface area contributed by atoms with Gasteiger partial charge in [0.05, 0.1) is 17.3 Å². The Labute approximate surface area is 125 Å². The molecule has 0 aliphatic rings. The van der Waals surface area contributed by atoms with Crippen molar-refractivity contribution >= 4 is 23.4 Å². The smallest absolute Gasteiger partial charge is 0.233 e. The predicted molar refractivity (Wildman–Crippen MR) is 85.2 cm³/mol. The molecule has 112 valence electrons. The number of nitrogen functional groups attached to an aromatic ring is 1. The van der Waals surface area contributed by atoms with Crippen molar-refractivity contribution < 1.29 is 9.53 Å². The van der Waals surface area contributed by atoms with E-state index in [1.54, 1.807) is 13.2 Å². The molecule has 4 nitrogen and oxygen atoms in total. The minimum atomic E-state index is -0.173. The summed E-state index contributed by atoms with van der Waals surface area (Å²) in [6.07, 6.45) is 1.90. The fourth-order valence-corrected chi connectivity index (χ4v) is 2.80. The first kappa shape index (κ1) is 16.7. The number of hydrogen-bond donors (Lipinski definition) is 2. The topological polar surface area (TPSA) is 64.4 Å². The van der Waals surface area contributed by atoms with Crippen LogP contribution in [0.4, 0.5) is 5.69 Å². The van der Waals surface area contributed by atoms with E-state index >= 15 is 0 Å². The van der Waals surface area contributed by atoms with E-state index in [1.807, 2.05) is 19.1 Å². The summed E-state index contributed by atoms with van der Waals surface area (Å²) >= 11 is 1.48. The van der Waals surface area contributed by atoms with Crippen LogP contribution in [0.3, 0.4) is 0 Å². The normalized spacial score (nSPS) is 12.2. The summed E-state index contributed by atoms with van der Waals surface area (Å²) in [4.78, 5) is 13.1. The monoisotopic (exact) mass is 296 g/mol. The molecule has 0 radical (unpaired) electrons. The summed E-state index contributed by atoms with van der Waals surface area (Å²) in [6, 6.07) is 5.73. The van der Waals surface area contributed by atoms with E-state index in [1.165, 1.54) is 11.8 Å². The van der Waals surface area contributed by atoms with Gasteiger partial charge in [-0.2, -0.15) is 0 Å². The highest BCUT2D eigenvalue weighted by Crippen LogP contribution is 2.33. The van der Waals surface area contributed by atoms with E-state index in [2.05, 4.69) is 19.2 Å². The van der Waals surface area contributed by atoms with Gasteiger partial charge >= 0.3 is 0 Å². The Kier molecular flexibility index (Phi) is 6.71. The first-order valence-electron chi connectivity index (χ1n) is 6.92. The molecule has 0 bridgehead atoms. The van der Waals surface area contributed by atoms with Crippen molar-refractivity contribution in [2.24, 2.45) is 0 Å². The first-order chi connectivity index (χ1) is 9.51. The van der Waals surface area contributed by atoms with E-state index in [9.17, 15) is 4.79 Å². The number of ether oxygens (including phenoxy) is 1. The van der Waals surface area contributed by atoms with Gasteiger partial charge in [0, 0.05) is 17.8 Å². The molecule has 0 saturated carbocycles. The van der Waals surface area contributed by atoms with Crippen molar-refractivity contribution in [3.05, 3.63) is 18.2 Å². The van der Waals surface area contributed by atoms with Gasteiger partial charge in [0.2, 0.25) is 5.91 Å². The SMILES string of the molecule is CCC(CC)NC(=O)C(C)Sc1ccc(N)cc1OC. The van der Waals surface area contributed by atoms with Crippen molar-refractivity contribution in [3.63, 3.8) is 0 Å². The predicted octanol–water partition coefficient (Wildman–Crippen LogP) is 3.06. The molecule has 3 N–H and O–H groups in total. The van der Waals surface area contributed by atoms with Gasteiger partial charge in [-0.05, 0) is 31.9 Å². The molecule has 20 heavy (non-hydrogen) atoms. The van der Waals surface area contributed by atoms with Crippen LogP contribution in [0.15, 0.2) is 23.1 Å². The summed E-state index contributed by atoms with van der Waals surface area (Å²) < 4.78 is 5.30. The van der Waals surface area contributed by atoms with Crippen LogP contribution in [0.1, 0.15) is 33.6 Å². The molecule has 1 atom stereocenters. The van der Waals surface area contributed by atoms with Gasteiger partial charge in [-0.25, -0.2) is 0 Å². The summed E-state index contributed by atoms with van der Waals surface area (Å²) in [7, 11) is 1.60. The lowest BCUT2D eigenvalue weighted by Gasteiger charge is -2.19. The van der Waals surface area contributed by atoms with Crippen molar-refractivity contribution in [1.29, 1.82) is 0 Å². The number of nitrogens with two attached hydrogens (primary N) is 1. The number of carbonyl (C=O) groups excluding carboxylic acids is 1. The molecule has 1 unspecified atom stereocenters.